The number of halogens is 3. The standard InChI is InChI=1S/C26H23F3N6O2S/c1-17(22-5-3-4-6-23(22)36-2)32-25(38)33-31-15-18-7-9-19(10-8-18)24-30-16-35(34-24)20-11-13-21(14-12-20)37-26(27,28)29/h3-17H,1-2H3,(H2,32,33,38). The summed E-state index contributed by atoms with van der Waals surface area (Å²) in [6, 6.07) is 20.3. The molecule has 4 rings (SSSR count). The van der Waals surface area contributed by atoms with Crippen LogP contribution >= 0.6 is 12.2 Å². The lowest BCUT2D eigenvalue weighted by Crippen LogP contribution is -2.34. The van der Waals surface area contributed by atoms with Crippen molar-refractivity contribution in [2.24, 2.45) is 5.10 Å². The van der Waals surface area contributed by atoms with Gasteiger partial charge in [-0.1, -0.05) is 42.5 Å². The molecule has 0 aliphatic rings. The van der Waals surface area contributed by atoms with Gasteiger partial charge in [-0.05, 0) is 55.0 Å². The smallest absolute Gasteiger partial charge is 0.496 e. The van der Waals surface area contributed by atoms with Gasteiger partial charge in [0.05, 0.1) is 25.1 Å². The van der Waals surface area contributed by atoms with E-state index in [1.807, 2.05) is 55.5 Å². The van der Waals surface area contributed by atoms with Crippen molar-refractivity contribution < 1.29 is 22.6 Å². The fraction of sp³-hybridized carbons (Fsp3) is 0.154. The molecule has 0 aliphatic carbocycles. The highest BCUT2D eigenvalue weighted by Crippen LogP contribution is 2.25. The van der Waals surface area contributed by atoms with Crippen LogP contribution in [0.5, 0.6) is 11.5 Å². The quantitative estimate of drug-likeness (QED) is 0.176. The minimum Gasteiger partial charge on any atom is -0.496 e. The van der Waals surface area contributed by atoms with Gasteiger partial charge in [0.2, 0.25) is 0 Å². The van der Waals surface area contributed by atoms with Gasteiger partial charge in [0, 0.05) is 11.1 Å². The summed E-state index contributed by atoms with van der Waals surface area (Å²) < 4.78 is 47.8. The number of nitrogens with zero attached hydrogens (tertiary/aromatic N) is 4. The van der Waals surface area contributed by atoms with E-state index in [9.17, 15) is 13.2 Å². The lowest BCUT2D eigenvalue weighted by atomic mass is 10.1. The van der Waals surface area contributed by atoms with Crippen molar-refractivity contribution >= 4 is 23.5 Å². The first-order chi connectivity index (χ1) is 18.2. The molecule has 0 radical (unpaired) electrons. The molecular formula is C26H23F3N6O2S. The normalized spacial score (nSPS) is 12.2. The molecule has 0 bridgehead atoms. The molecule has 38 heavy (non-hydrogen) atoms. The van der Waals surface area contributed by atoms with E-state index in [0.717, 1.165) is 22.4 Å². The minimum atomic E-state index is -4.74. The average Bonchev–Trinajstić information content (AvgIpc) is 3.39. The van der Waals surface area contributed by atoms with Crippen LogP contribution in [0.15, 0.2) is 84.2 Å². The predicted octanol–water partition coefficient (Wildman–Crippen LogP) is 5.40. The summed E-state index contributed by atoms with van der Waals surface area (Å²) in [5.74, 6) is 0.917. The molecular weight excluding hydrogens is 517 g/mol. The first-order valence-electron chi connectivity index (χ1n) is 11.3. The number of hydrazone groups is 1. The second kappa shape index (κ2) is 11.7. The van der Waals surface area contributed by atoms with Crippen molar-refractivity contribution in [3.8, 4) is 28.6 Å². The monoisotopic (exact) mass is 540 g/mol. The second-order valence-corrected chi connectivity index (χ2v) is 8.39. The first-order valence-corrected chi connectivity index (χ1v) is 11.7. The molecule has 0 saturated carbocycles. The molecule has 1 unspecified atom stereocenters. The number of alkyl halides is 3. The SMILES string of the molecule is COc1ccccc1C(C)NC(=S)NN=Cc1ccc(-c2ncn(-c3ccc(OC(F)(F)F)cc3)n2)cc1. The third kappa shape index (κ3) is 7.07. The Morgan fingerprint density at radius 2 is 1.76 bits per heavy atom. The van der Waals surface area contributed by atoms with E-state index in [-0.39, 0.29) is 11.8 Å². The van der Waals surface area contributed by atoms with Crippen molar-refractivity contribution in [3.63, 3.8) is 0 Å². The van der Waals surface area contributed by atoms with Gasteiger partial charge in [0.25, 0.3) is 0 Å². The number of para-hydroxylation sites is 1. The van der Waals surface area contributed by atoms with Crippen molar-refractivity contribution in [1.82, 2.24) is 25.5 Å². The zero-order valence-electron chi connectivity index (χ0n) is 20.3. The number of hydrogen-bond acceptors (Lipinski definition) is 6. The highest BCUT2D eigenvalue weighted by Gasteiger charge is 2.31. The molecule has 4 aromatic rings. The lowest BCUT2D eigenvalue weighted by molar-refractivity contribution is -0.274. The zero-order valence-corrected chi connectivity index (χ0v) is 21.1. The van der Waals surface area contributed by atoms with Crippen LogP contribution in [0.3, 0.4) is 0 Å². The van der Waals surface area contributed by atoms with Gasteiger partial charge in [-0.15, -0.1) is 18.3 Å². The first kappa shape index (κ1) is 26.6. The van der Waals surface area contributed by atoms with Gasteiger partial charge >= 0.3 is 6.36 Å². The Morgan fingerprint density at radius 3 is 2.45 bits per heavy atom. The third-order valence-corrected chi connectivity index (χ3v) is 5.54. The Bertz CT molecular complexity index is 1410. The summed E-state index contributed by atoms with van der Waals surface area (Å²) in [4.78, 5) is 4.28. The maximum Gasteiger partial charge on any atom is 0.573 e. The molecule has 2 N–H and O–H groups in total. The molecule has 12 heteroatoms. The molecule has 1 heterocycles. The van der Waals surface area contributed by atoms with Gasteiger partial charge in [-0.3, -0.25) is 5.43 Å². The average molecular weight is 541 g/mol. The van der Waals surface area contributed by atoms with E-state index in [2.05, 4.69) is 30.7 Å². The Labute approximate surface area is 222 Å². The van der Waals surface area contributed by atoms with Crippen LogP contribution in [0.1, 0.15) is 24.1 Å². The van der Waals surface area contributed by atoms with Crippen molar-refractivity contribution in [3.05, 3.63) is 90.3 Å². The van der Waals surface area contributed by atoms with E-state index in [1.54, 1.807) is 13.3 Å². The largest absolute Gasteiger partial charge is 0.573 e. The van der Waals surface area contributed by atoms with Crippen molar-refractivity contribution in [2.45, 2.75) is 19.3 Å². The van der Waals surface area contributed by atoms with E-state index < -0.39 is 6.36 Å². The maximum absolute atomic E-state index is 12.3. The summed E-state index contributed by atoms with van der Waals surface area (Å²) in [5, 5.41) is 12.1. The Hall–Kier alpha value is -4.45. The molecule has 0 saturated heterocycles. The van der Waals surface area contributed by atoms with Crippen LogP contribution in [0.25, 0.3) is 17.1 Å². The molecule has 1 atom stereocenters. The number of rotatable bonds is 8. The maximum atomic E-state index is 12.3. The second-order valence-electron chi connectivity index (χ2n) is 7.98. The highest BCUT2D eigenvalue weighted by molar-refractivity contribution is 7.80. The molecule has 3 aromatic carbocycles. The predicted molar refractivity (Wildman–Crippen MR) is 141 cm³/mol. The topological polar surface area (TPSA) is 85.6 Å². The molecule has 0 aliphatic heterocycles. The van der Waals surface area contributed by atoms with Crippen LogP contribution in [-0.2, 0) is 0 Å². The molecule has 0 amide bonds. The van der Waals surface area contributed by atoms with E-state index in [4.69, 9.17) is 17.0 Å². The summed E-state index contributed by atoms with van der Waals surface area (Å²) in [5.41, 5.74) is 5.90. The Kier molecular flexibility index (Phi) is 8.22. The summed E-state index contributed by atoms with van der Waals surface area (Å²) in [6.07, 6.45) is -1.64. The zero-order chi connectivity index (χ0) is 27.1. The van der Waals surface area contributed by atoms with E-state index >= 15 is 0 Å². The third-order valence-electron chi connectivity index (χ3n) is 5.33. The molecule has 1 aromatic heterocycles. The van der Waals surface area contributed by atoms with Crippen LogP contribution in [0, 0.1) is 0 Å². The van der Waals surface area contributed by atoms with Gasteiger partial charge in [-0.25, -0.2) is 9.67 Å². The lowest BCUT2D eigenvalue weighted by Gasteiger charge is -2.18. The van der Waals surface area contributed by atoms with Gasteiger partial charge < -0.3 is 14.8 Å². The van der Waals surface area contributed by atoms with Crippen molar-refractivity contribution in [2.75, 3.05) is 7.11 Å². The highest BCUT2D eigenvalue weighted by atomic mass is 32.1. The number of ether oxygens (including phenoxy) is 2. The minimum absolute atomic E-state index is 0.0842. The van der Waals surface area contributed by atoms with Crippen LogP contribution in [-0.4, -0.2) is 39.6 Å². The molecule has 0 fully saturated rings. The van der Waals surface area contributed by atoms with Crippen molar-refractivity contribution in [1.29, 1.82) is 0 Å². The van der Waals surface area contributed by atoms with Crippen LogP contribution < -0.4 is 20.2 Å². The van der Waals surface area contributed by atoms with Gasteiger partial charge in [0.15, 0.2) is 10.9 Å². The fourth-order valence-corrected chi connectivity index (χ4v) is 3.76. The number of thiocarbonyl (C=S) groups is 1. The number of hydrogen-bond donors (Lipinski definition) is 2. The summed E-state index contributed by atoms with van der Waals surface area (Å²) >= 11 is 5.33. The molecule has 196 valence electrons. The Balaban J connectivity index is 1.32. The van der Waals surface area contributed by atoms with Gasteiger partial charge in [-0.2, -0.15) is 5.10 Å². The van der Waals surface area contributed by atoms with Crippen LogP contribution in [0.4, 0.5) is 13.2 Å². The summed E-state index contributed by atoms with van der Waals surface area (Å²) in [6.45, 7) is 1.97. The van der Waals surface area contributed by atoms with Crippen LogP contribution in [0.2, 0.25) is 0 Å². The number of methoxy groups -OCH3 is 1. The molecule has 8 nitrogen and oxygen atoms in total. The Morgan fingerprint density at radius 1 is 1.05 bits per heavy atom. The molecule has 0 spiro atoms. The van der Waals surface area contributed by atoms with E-state index in [0.29, 0.717) is 16.6 Å². The number of aromatic nitrogens is 3. The van der Waals surface area contributed by atoms with E-state index in [1.165, 1.54) is 35.3 Å². The van der Waals surface area contributed by atoms with Gasteiger partial charge in [0.1, 0.15) is 17.8 Å². The summed E-state index contributed by atoms with van der Waals surface area (Å²) in [7, 11) is 1.62. The number of benzene rings is 3. The number of nitrogens with one attached hydrogen (secondary N) is 2. The fourth-order valence-electron chi connectivity index (χ4n) is 3.53.